The fourth-order valence-electron chi connectivity index (χ4n) is 3.77. The van der Waals surface area contributed by atoms with Gasteiger partial charge in [0, 0.05) is 6.54 Å². The molecular formula is C24H30N4O3. The molecule has 0 aliphatic carbocycles. The van der Waals surface area contributed by atoms with E-state index in [4.69, 9.17) is 0 Å². The predicted octanol–water partition coefficient (Wildman–Crippen LogP) is 2.71. The number of benzene rings is 2. The van der Waals surface area contributed by atoms with Gasteiger partial charge in [-0.15, -0.1) is 0 Å². The normalized spacial score (nSPS) is 18.4. The number of hydrogen-bond acceptors (Lipinski definition) is 4. The Morgan fingerprint density at radius 3 is 2.52 bits per heavy atom. The first-order valence-electron chi connectivity index (χ1n) is 10.4. The third-order valence-electron chi connectivity index (χ3n) is 5.61. The maximum atomic E-state index is 12.9. The molecule has 7 heteroatoms. The van der Waals surface area contributed by atoms with Crippen molar-refractivity contribution < 1.29 is 14.4 Å². The molecule has 2 aromatic rings. The summed E-state index contributed by atoms with van der Waals surface area (Å²) < 4.78 is 0. The number of hydrazine groups is 1. The Morgan fingerprint density at radius 1 is 1.13 bits per heavy atom. The second-order valence-corrected chi connectivity index (χ2v) is 8.53. The first-order chi connectivity index (χ1) is 14.7. The Morgan fingerprint density at radius 2 is 1.84 bits per heavy atom. The Bertz CT molecular complexity index is 976. The lowest BCUT2D eigenvalue weighted by atomic mass is 9.93. The van der Waals surface area contributed by atoms with E-state index in [9.17, 15) is 14.4 Å². The average molecular weight is 423 g/mol. The number of hydrogen-bond donors (Lipinski definition) is 2. The Labute approximate surface area is 183 Å². The molecule has 1 atom stereocenters. The minimum absolute atomic E-state index is 0.0606. The summed E-state index contributed by atoms with van der Waals surface area (Å²) in [6.45, 7) is 6.42. The number of rotatable bonds is 8. The molecule has 0 aromatic heterocycles. The quantitative estimate of drug-likeness (QED) is 0.641. The van der Waals surface area contributed by atoms with E-state index in [-0.39, 0.29) is 6.54 Å². The molecule has 4 amide bonds. The second kappa shape index (κ2) is 9.31. The molecule has 1 aliphatic rings. The fraction of sp³-hybridized carbons (Fsp3) is 0.375. The smallest absolute Gasteiger partial charge is 0.322 e. The zero-order valence-electron chi connectivity index (χ0n) is 18.6. The molecule has 1 aliphatic heterocycles. The average Bonchev–Trinajstić information content (AvgIpc) is 2.93. The van der Waals surface area contributed by atoms with E-state index in [1.165, 1.54) is 5.56 Å². The van der Waals surface area contributed by atoms with Gasteiger partial charge in [-0.05, 0) is 57.4 Å². The number of imide groups is 1. The molecular weight excluding hydrogens is 392 g/mol. The molecule has 1 heterocycles. The van der Waals surface area contributed by atoms with Gasteiger partial charge >= 0.3 is 6.03 Å². The molecule has 1 fully saturated rings. The summed E-state index contributed by atoms with van der Waals surface area (Å²) in [6, 6.07) is 15.4. The molecule has 2 aromatic carbocycles. The largest absolute Gasteiger partial charge is 0.344 e. The summed E-state index contributed by atoms with van der Waals surface area (Å²) in [5.41, 5.74) is 5.98. The summed E-state index contributed by atoms with van der Waals surface area (Å²) in [5.74, 6) is -0.859. The molecule has 0 bridgehead atoms. The molecule has 164 valence electrons. The SMILES string of the molecule is Cc1ccc(CN(C)CC(=O)NN2C(=O)N[C@](C)(CCc3ccccc3)C2=O)c(C)c1. The third-order valence-corrected chi connectivity index (χ3v) is 5.61. The van der Waals surface area contributed by atoms with Crippen LogP contribution in [0.4, 0.5) is 4.79 Å². The fourth-order valence-corrected chi connectivity index (χ4v) is 3.77. The number of amides is 4. The number of nitrogens with zero attached hydrogens (tertiary/aromatic N) is 2. The zero-order valence-corrected chi connectivity index (χ0v) is 18.6. The van der Waals surface area contributed by atoms with Gasteiger partial charge in [0.25, 0.3) is 11.8 Å². The van der Waals surface area contributed by atoms with Crippen LogP contribution >= 0.6 is 0 Å². The molecule has 7 nitrogen and oxygen atoms in total. The monoisotopic (exact) mass is 422 g/mol. The van der Waals surface area contributed by atoms with E-state index < -0.39 is 23.4 Å². The number of carbonyl (C=O) groups is 3. The third kappa shape index (κ3) is 5.49. The lowest BCUT2D eigenvalue weighted by Gasteiger charge is -2.22. The highest BCUT2D eigenvalue weighted by atomic mass is 16.2. The number of likely N-dealkylation sites (N-methyl/N-ethyl adjacent to an activating group) is 1. The molecule has 3 rings (SSSR count). The van der Waals surface area contributed by atoms with Crippen molar-refractivity contribution in [3.8, 4) is 0 Å². The lowest BCUT2D eigenvalue weighted by molar-refractivity contribution is -0.139. The number of nitrogens with one attached hydrogen (secondary N) is 2. The van der Waals surface area contributed by atoms with Crippen molar-refractivity contribution in [1.29, 1.82) is 0 Å². The van der Waals surface area contributed by atoms with Gasteiger partial charge in [0.05, 0.1) is 6.54 Å². The molecule has 0 spiro atoms. The van der Waals surface area contributed by atoms with Crippen LogP contribution in [0, 0.1) is 13.8 Å². The molecule has 2 N–H and O–H groups in total. The van der Waals surface area contributed by atoms with Crippen molar-refractivity contribution in [3.63, 3.8) is 0 Å². The van der Waals surface area contributed by atoms with E-state index in [1.807, 2.05) is 62.2 Å². The van der Waals surface area contributed by atoms with Crippen molar-refractivity contribution in [3.05, 3.63) is 70.8 Å². The van der Waals surface area contributed by atoms with E-state index in [0.717, 1.165) is 21.7 Å². The van der Waals surface area contributed by atoms with Gasteiger partial charge in [0.2, 0.25) is 0 Å². The first kappa shape index (κ1) is 22.5. The molecule has 1 saturated heterocycles. The van der Waals surface area contributed by atoms with Crippen LogP contribution < -0.4 is 10.7 Å². The summed E-state index contributed by atoms with van der Waals surface area (Å²) in [6.07, 6.45) is 1.09. The molecule has 31 heavy (non-hydrogen) atoms. The highest BCUT2D eigenvalue weighted by Crippen LogP contribution is 2.22. The Hall–Kier alpha value is -3.19. The summed E-state index contributed by atoms with van der Waals surface area (Å²) in [5, 5.41) is 3.52. The van der Waals surface area contributed by atoms with Crippen molar-refractivity contribution in [2.75, 3.05) is 13.6 Å². The van der Waals surface area contributed by atoms with Gasteiger partial charge in [-0.1, -0.05) is 54.1 Å². The summed E-state index contributed by atoms with van der Waals surface area (Å²) >= 11 is 0. The molecule has 0 saturated carbocycles. The van der Waals surface area contributed by atoms with Crippen LogP contribution in [0.5, 0.6) is 0 Å². The van der Waals surface area contributed by atoms with Crippen LogP contribution in [-0.4, -0.2) is 46.9 Å². The van der Waals surface area contributed by atoms with Gasteiger partial charge in [-0.25, -0.2) is 4.79 Å². The minimum Gasteiger partial charge on any atom is -0.322 e. The predicted molar refractivity (Wildman–Crippen MR) is 119 cm³/mol. The maximum Gasteiger partial charge on any atom is 0.344 e. The van der Waals surface area contributed by atoms with Gasteiger partial charge in [0.15, 0.2) is 0 Å². The van der Waals surface area contributed by atoms with Crippen LogP contribution in [0.15, 0.2) is 48.5 Å². The highest BCUT2D eigenvalue weighted by Gasteiger charge is 2.48. The van der Waals surface area contributed by atoms with Gasteiger partial charge in [-0.2, -0.15) is 5.01 Å². The topological polar surface area (TPSA) is 81.8 Å². The van der Waals surface area contributed by atoms with Gasteiger partial charge < -0.3 is 5.32 Å². The van der Waals surface area contributed by atoms with Crippen LogP contribution in [0.25, 0.3) is 0 Å². The summed E-state index contributed by atoms with van der Waals surface area (Å²) in [7, 11) is 1.83. The van der Waals surface area contributed by atoms with E-state index in [1.54, 1.807) is 6.92 Å². The number of urea groups is 1. The van der Waals surface area contributed by atoms with E-state index >= 15 is 0 Å². The van der Waals surface area contributed by atoms with E-state index in [0.29, 0.717) is 19.4 Å². The Kier molecular flexibility index (Phi) is 6.75. The molecule has 0 radical (unpaired) electrons. The maximum absolute atomic E-state index is 12.9. The minimum atomic E-state index is -1.05. The van der Waals surface area contributed by atoms with Crippen molar-refractivity contribution in [2.45, 2.75) is 45.7 Å². The second-order valence-electron chi connectivity index (χ2n) is 8.53. The first-order valence-corrected chi connectivity index (χ1v) is 10.4. The number of carbonyl (C=O) groups excluding carboxylic acids is 3. The van der Waals surface area contributed by atoms with Crippen LogP contribution in [0.1, 0.15) is 35.6 Å². The van der Waals surface area contributed by atoms with Crippen molar-refractivity contribution in [2.24, 2.45) is 0 Å². The van der Waals surface area contributed by atoms with Gasteiger partial charge in [0.1, 0.15) is 5.54 Å². The highest BCUT2D eigenvalue weighted by molar-refractivity contribution is 6.07. The van der Waals surface area contributed by atoms with Crippen LogP contribution in [-0.2, 0) is 22.6 Å². The van der Waals surface area contributed by atoms with Crippen molar-refractivity contribution in [1.82, 2.24) is 20.7 Å². The van der Waals surface area contributed by atoms with Crippen LogP contribution in [0.2, 0.25) is 0 Å². The van der Waals surface area contributed by atoms with Crippen molar-refractivity contribution >= 4 is 17.8 Å². The zero-order chi connectivity index (χ0) is 22.6. The molecule has 0 unspecified atom stereocenters. The van der Waals surface area contributed by atoms with E-state index in [2.05, 4.69) is 22.9 Å². The standard InChI is InChI=1S/C24H30N4O3/c1-17-10-11-20(18(2)14-17)15-27(4)16-21(29)26-28-22(30)24(3,25-23(28)31)13-12-19-8-6-5-7-9-19/h5-11,14H,12-13,15-16H2,1-4H3,(H,25,31)(H,26,29)/t24-/m1/s1. The summed E-state index contributed by atoms with van der Waals surface area (Å²) in [4.78, 5) is 39.6. The lowest BCUT2D eigenvalue weighted by Crippen LogP contribution is -2.51. The number of aryl methyl sites for hydroxylation is 3. The van der Waals surface area contributed by atoms with Crippen LogP contribution in [0.3, 0.4) is 0 Å². The Balaban J connectivity index is 1.55. The van der Waals surface area contributed by atoms with Gasteiger partial charge in [-0.3, -0.25) is 19.9 Å².